The monoisotopic (exact) mass is 314 g/mol. The Morgan fingerprint density at radius 2 is 2.28 bits per heavy atom. The highest BCUT2D eigenvalue weighted by molar-refractivity contribution is 9.10. The number of halogens is 2. The van der Waals surface area contributed by atoms with Crippen molar-refractivity contribution in [3.63, 3.8) is 0 Å². The fraction of sp³-hybridized carbons (Fsp3) is 0.571. The van der Waals surface area contributed by atoms with Crippen LogP contribution >= 0.6 is 15.9 Å². The van der Waals surface area contributed by atoms with Crippen LogP contribution in [0, 0.1) is 5.82 Å². The molecular weight excluding hydrogens is 295 g/mol. The van der Waals surface area contributed by atoms with E-state index in [1.807, 2.05) is 6.07 Å². The number of piperidine rings is 1. The second-order valence-electron chi connectivity index (χ2n) is 5.01. The van der Waals surface area contributed by atoms with Gasteiger partial charge in [0.1, 0.15) is 5.82 Å². The molecule has 1 heterocycles. The maximum atomic E-state index is 13.9. The van der Waals surface area contributed by atoms with Crippen LogP contribution in [0.4, 0.5) is 4.39 Å². The minimum absolute atomic E-state index is 0.0902. The van der Waals surface area contributed by atoms with Crippen LogP contribution in [0.5, 0.6) is 0 Å². The number of hydrogen-bond donors (Lipinski definition) is 1. The summed E-state index contributed by atoms with van der Waals surface area (Å²) in [5.41, 5.74) is 0.762. The first-order chi connectivity index (χ1) is 8.59. The Labute approximate surface area is 117 Å². The van der Waals surface area contributed by atoms with E-state index in [1.165, 1.54) is 18.9 Å². The molecule has 1 aromatic rings. The maximum absolute atomic E-state index is 13.9. The van der Waals surface area contributed by atoms with Crippen molar-refractivity contribution < 1.29 is 4.39 Å². The molecule has 0 radical (unpaired) electrons. The summed E-state index contributed by atoms with van der Waals surface area (Å²) in [4.78, 5) is 2.27. The predicted molar refractivity (Wildman–Crippen MR) is 76.2 cm³/mol. The fourth-order valence-corrected chi connectivity index (χ4v) is 2.93. The zero-order valence-corrected chi connectivity index (χ0v) is 12.5. The normalized spacial score (nSPS) is 22.2. The minimum atomic E-state index is -0.124. The standard InChI is InChI=1S/C14H20BrFN2/c1-10(13-8-11(15)5-6-14(13)16)18(2)12-4-3-7-17-9-12/h5-6,8,10,12,17H,3-4,7,9H2,1-2H3. The van der Waals surface area contributed by atoms with Gasteiger partial charge < -0.3 is 5.32 Å². The third-order valence-electron chi connectivity index (χ3n) is 3.87. The molecule has 0 saturated carbocycles. The van der Waals surface area contributed by atoms with E-state index in [9.17, 15) is 4.39 Å². The number of likely N-dealkylation sites (N-methyl/N-ethyl adjacent to an activating group) is 1. The second-order valence-corrected chi connectivity index (χ2v) is 5.92. The van der Waals surface area contributed by atoms with Gasteiger partial charge in [-0.05, 0) is 51.6 Å². The molecule has 2 unspecified atom stereocenters. The number of nitrogens with one attached hydrogen (secondary N) is 1. The molecule has 4 heteroatoms. The largest absolute Gasteiger partial charge is 0.315 e. The van der Waals surface area contributed by atoms with Crippen molar-refractivity contribution in [2.45, 2.75) is 31.8 Å². The zero-order chi connectivity index (χ0) is 13.1. The molecule has 100 valence electrons. The molecule has 0 amide bonds. The molecule has 2 rings (SSSR count). The summed E-state index contributed by atoms with van der Waals surface area (Å²) < 4.78 is 14.8. The minimum Gasteiger partial charge on any atom is -0.315 e. The van der Waals surface area contributed by atoms with Crippen molar-refractivity contribution in [3.8, 4) is 0 Å². The Kier molecular flexibility index (Phi) is 4.76. The van der Waals surface area contributed by atoms with Gasteiger partial charge in [0.2, 0.25) is 0 Å². The van der Waals surface area contributed by atoms with E-state index in [2.05, 4.69) is 40.1 Å². The lowest BCUT2D eigenvalue weighted by Crippen LogP contribution is -2.45. The van der Waals surface area contributed by atoms with Gasteiger partial charge >= 0.3 is 0 Å². The summed E-state index contributed by atoms with van der Waals surface area (Å²) >= 11 is 3.41. The Bertz CT molecular complexity index is 405. The van der Waals surface area contributed by atoms with Crippen LogP contribution in [-0.4, -0.2) is 31.1 Å². The van der Waals surface area contributed by atoms with E-state index in [1.54, 1.807) is 6.07 Å². The van der Waals surface area contributed by atoms with Crippen molar-refractivity contribution in [2.75, 3.05) is 20.1 Å². The molecule has 0 aromatic heterocycles. The van der Waals surface area contributed by atoms with Crippen molar-refractivity contribution in [2.24, 2.45) is 0 Å². The Balaban J connectivity index is 2.13. The highest BCUT2D eigenvalue weighted by Crippen LogP contribution is 2.27. The first kappa shape index (κ1) is 14.0. The molecule has 1 aliphatic heterocycles. The first-order valence-electron chi connectivity index (χ1n) is 6.47. The highest BCUT2D eigenvalue weighted by Gasteiger charge is 2.24. The van der Waals surface area contributed by atoms with E-state index < -0.39 is 0 Å². The lowest BCUT2D eigenvalue weighted by Gasteiger charge is -2.36. The third-order valence-corrected chi connectivity index (χ3v) is 4.36. The quantitative estimate of drug-likeness (QED) is 0.920. The molecule has 0 spiro atoms. The average molecular weight is 315 g/mol. The van der Waals surface area contributed by atoms with Crippen molar-refractivity contribution in [1.29, 1.82) is 0 Å². The van der Waals surface area contributed by atoms with Gasteiger partial charge in [0.25, 0.3) is 0 Å². The summed E-state index contributed by atoms with van der Waals surface area (Å²) in [5.74, 6) is -0.124. The van der Waals surface area contributed by atoms with Gasteiger partial charge in [0.05, 0.1) is 0 Å². The van der Waals surface area contributed by atoms with E-state index in [0.29, 0.717) is 6.04 Å². The highest BCUT2D eigenvalue weighted by atomic mass is 79.9. The van der Waals surface area contributed by atoms with Gasteiger partial charge in [0, 0.05) is 28.7 Å². The van der Waals surface area contributed by atoms with Crippen LogP contribution in [0.1, 0.15) is 31.4 Å². The van der Waals surface area contributed by atoms with Crippen LogP contribution in [0.15, 0.2) is 22.7 Å². The van der Waals surface area contributed by atoms with E-state index in [0.717, 1.165) is 23.1 Å². The van der Waals surface area contributed by atoms with Crippen LogP contribution < -0.4 is 5.32 Å². The molecular formula is C14H20BrFN2. The van der Waals surface area contributed by atoms with E-state index in [4.69, 9.17) is 0 Å². The summed E-state index contributed by atoms with van der Waals surface area (Å²) in [7, 11) is 2.09. The Morgan fingerprint density at radius 1 is 1.50 bits per heavy atom. The molecule has 2 nitrogen and oxygen atoms in total. The second kappa shape index (κ2) is 6.13. The molecule has 1 saturated heterocycles. The summed E-state index contributed by atoms with van der Waals surface area (Å²) in [6.45, 7) is 4.17. The van der Waals surface area contributed by atoms with Crippen LogP contribution in [-0.2, 0) is 0 Å². The summed E-state index contributed by atoms with van der Waals surface area (Å²) in [6, 6.07) is 5.74. The van der Waals surface area contributed by atoms with E-state index >= 15 is 0 Å². The smallest absolute Gasteiger partial charge is 0.128 e. The predicted octanol–water partition coefficient (Wildman–Crippen LogP) is 3.33. The molecule has 1 fully saturated rings. The van der Waals surface area contributed by atoms with E-state index in [-0.39, 0.29) is 11.9 Å². The van der Waals surface area contributed by atoms with Crippen molar-refractivity contribution in [1.82, 2.24) is 10.2 Å². The van der Waals surface area contributed by atoms with Crippen LogP contribution in [0.3, 0.4) is 0 Å². The molecule has 1 aliphatic rings. The van der Waals surface area contributed by atoms with Crippen LogP contribution in [0.25, 0.3) is 0 Å². The Hall–Kier alpha value is -0.450. The number of nitrogens with zero attached hydrogens (tertiary/aromatic N) is 1. The van der Waals surface area contributed by atoms with Gasteiger partial charge in [-0.2, -0.15) is 0 Å². The van der Waals surface area contributed by atoms with Crippen LogP contribution in [0.2, 0.25) is 0 Å². The molecule has 1 aromatic carbocycles. The summed E-state index contributed by atoms with van der Waals surface area (Å²) in [5, 5.41) is 3.40. The third kappa shape index (κ3) is 3.11. The van der Waals surface area contributed by atoms with Crippen molar-refractivity contribution >= 4 is 15.9 Å². The lowest BCUT2D eigenvalue weighted by atomic mass is 10.0. The topological polar surface area (TPSA) is 15.3 Å². The molecule has 0 aliphatic carbocycles. The lowest BCUT2D eigenvalue weighted by molar-refractivity contribution is 0.154. The van der Waals surface area contributed by atoms with Gasteiger partial charge in [-0.1, -0.05) is 15.9 Å². The molecule has 1 N–H and O–H groups in total. The first-order valence-corrected chi connectivity index (χ1v) is 7.26. The van der Waals surface area contributed by atoms with Gasteiger partial charge in [-0.3, -0.25) is 4.90 Å². The van der Waals surface area contributed by atoms with Gasteiger partial charge in [-0.15, -0.1) is 0 Å². The number of hydrogen-bond acceptors (Lipinski definition) is 2. The van der Waals surface area contributed by atoms with Gasteiger partial charge in [0.15, 0.2) is 0 Å². The fourth-order valence-electron chi connectivity index (χ4n) is 2.55. The number of rotatable bonds is 3. The molecule has 18 heavy (non-hydrogen) atoms. The van der Waals surface area contributed by atoms with Gasteiger partial charge in [-0.25, -0.2) is 4.39 Å². The average Bonchev–Trinajstić information content (AvgIpc) is 2.41. The SMILES string of the molecule is CC(c1cc(Br)ccc1F)N(C)C1CCCNC1. The molecule has 2 atom stereocenters. The Morgan fingerprint density at radius 3 is 2.94 bits per heavy atom. The number of benzene rings is 1. The molecule has 0 bridgehead atoms. The summed E-state index contributed by atoms with van der Waals surface area (Å²) in [6.07, 6.45) is 2.38. The maximum Gasteiger partial charge on any atom is 0.128 e. The zero-order valence-electron chi connectivity index (χ0n) is 10.9. The van der Waals surface area contributed by atoms with Crippen molar-refractivity contribution in [3.05, 3.63) is 34.1 Å².